The van der Waals surface area contributed by atoms with Gasteiger partial charge in [-0.1, -0.05) is 25.1 Å². The first-order chi connectivity index (χ1) is 20.4. The maximum Gasteiger partial charge on any atom is 0.477 e. The zero-order valence-electron chi connectivity index (χ0n) is 24.3. The molecular weight excluding hydrogens is 601 g/mol. The van der Waals surface area contributed by atoms with Gasteiger partial charge in [0.15, 0.2) is 6.79 Å². The van der Waals surface area contributed by atoms with Crippen LogP contribution in [0.4, 0.5) is 8.78 Å². The lowest BCUT2D eigenvalue weighted by Gasteiger charge is -2.39. The lowest BCUT2D eigenvalue weighted by atomic mass is 9.81. The van der Waals surface area contributed by atoms with E-state index in [0.717, 1.165) is 17.7 Å². The minimum Gasteiger partial charge on any atom is -0.341 e. The highest BCUT2D eigenvalue weighted by atomic mass is 32.1. The summed E-state index contributed by atoms with van der Waals surface area (Å²) in [6, 6.07) is 12.2. The van der Waals surface area contributed by atoms with Gasteiger partial charge in [0.1, 0.15) is 29.9 Å². The Morgan fingerprint density at radius 3 is 2.37 bits per heavy atom. The average molecular weight is 634 g/mol. The van der Waals surface area contributed by atoms with Crippen LogP contribution in [0.15, 0.2) is 60.5 Å². The number of phosphoric ester groups is 1. The maximum atomic E-state index is 15.6. The van der Waals surface area contributed by atoms with E-state index in [0.29, 0.717) is 16.3 Å². The van der Waals surface area contributed by atoms with Crippen molar-refractivity contribution in [1.82, 2.24) is 19.7 Å². The van der Waals surface area contributed by atoms with Crippen LogP contribution in [0.2, 0.25) is 0 Å². The molecule has 0 bridgehead atoms. The highest BCUT2D eigenvalue weighted by Crippen LogP contribution is 2.53. The molecule has 2 atom stereocenters. The van der Waals surface area contributed by atoms with Crippen LogP contribution >= 0.6 is 19.2 Å². The predicted molar refractivity (Wildman–Crippen MR) is 156 cm³/mol. The Labute approximate surface area is 252 Å². The second kappa shape index (κ2) is 13.9. The first-order valence-electron chi connectivity index (χ1n) is 13.4. The third-order valence-electron chi connectivity index (χ3n) is 6.36. The number of ether oxygens (including phenoxy) is 1. The van der Waals surface area contributed by atoms with Gasteiger partial charge in [0.25, 0.3) is 0 Å². The minimum atomic E-state index is -4.09. The third kappa shape index (κ3) is 7.97. The fourth-order valence-corrected chi connectivity index (χ4v) is 6.78. The second-order valence-corrected chi connectivity index (χ2v) is 12.7. The predicted octanol–water partition coefficient (Wildman–Crippen LogP) is 7.20. The maximum absolute atomic E-state index is 15.6. The molecule has 0 spiro atoms. The van der Waals surface area contributed by atoms with E-state index in [9.17, 15) is 8.96 Å². The zero-order valence-corrected chi connectivity index (χ0v) is 26.0. The topological polar surface area (TPSA) is 121 Å². The molecule has 10 nitrogen and oxygen atoms in total. The summed E-state index contributed by atoms with van der Waals surface area (Å²) in [4.78, 5) is 8.81. The number of thiazole rings is 1. The van der Waals surface area contributed by atoms with E-state index in [1.54, 1.807) is 58.9 Å². The number of nitrogens with zero attached hydrogens (tertiary/aromatic N) is 5. The molecule has 2 heterocycles. The SMILES string of the molecule is CC(C)OP(=O)(OCO[C@@](Cn1cncn1)(c1ccc(F)cc1F)[C@@H](C)c1n[14c](-c2ccc(C#N)cc2)cs1)OC(C)C. The summed E-state index contributed by atoms with van der Waals surface area (Å²) >= 11 is 1.32. The van der Waals surface area contributed by atoms with Crippen molar-refractivity contribution in [2.45, 2.75) is 64.9 Å². The molecule has 0 unspecified atom stereocenters. The van der Waals surface area contributed by atoms with E-state index in [1.807, 2.05) is 5.38 Å². The first kappa shape index (κ1) is 32.5. The van der Waals surface area contributed by atoms with Crippen molar-refractivity contribution in [2.75, 3.05) is 6.79 Å². The Bertz CT molecular complexity index is 1580. The van der Waals surface area contributed by atoms with E-state index in [4.69, 9.17) is 28.6 Å². The number of benzene rings is 2. The molecule has 0 aliphatic carbocycles. The van der Waals surface area contributed by atoms with Gasteiger partial charge in [0.05, 0.1) is 41.1 Å². The number of nitriles is 1. The number of aromatic nitrogens is 4. The molecule has 4 aromatic rings. The fourth-order valence-electron chi connectivity index (χ4n) is 4.42. The largest absolute Gasteiger partial charge is 0.477 e. The van der Waals surface area contributed by atoms with Gasteiger partial charge in [-0.25, -0.2) is 28.0 Å². The molecule has 2 aromatic heterocycles. The van der Waals surface area contributed by atoms with E-state index in [-0.39, 0.29) is 12.1 Å². The molecule has 0 saturated carbocycles. The molecule has 0 amide bonds. The summed E-state index contributed by atoms with van der Waals surface area (Å²) < 4.78 is 67.5. The molecule has 0 saturated heterocycles. The van der Waals surface area contributed by atoms with Gasteiger partial charge in [-0.3, -0.25) is 13.6 Å². The van der Waals surface area contributed by atoms with Crippen LogP contribution in [0.25, 0.3) is 11.3 Å². The van der Waals surface area contributed by atoms with Crippen molar-refractivity contribution >= 4 is 19.2 Å². The molecule has 0 radical (unpaired) electrons. The van der Waals surface area contributed by atoms with Gasteiger partial charge in [-0.15, -0.1) is 11.3 Å². The molecule has 0 aliphatic heterocycles. The quantitative estimate of drug-likeness (QED) is 0.105. The number of hydrogen-bond acceptors (Lipinski definition) is 10. The van der Waals surface area contributed by atoms with Gasteiger partial charge >= 0.3 is 7.82 Å². The zero-order chi connectivity index (χ0) is 31.2. The van der Waals surface area contributed by atoms with Crippen molar-refractivity contribution in [1.29, 1.82) is 5.26 Å². The van der Waals surface area contributed by atoms with Crippen LogP contribution in [0, 0.1) is 23.0 Å². The van der Waals surface area contributed by atoms with Gasteiger partial charge < -0.3 is 4.74 Å². The molecule has 228 valence electrons. The van der Waals surface area contributed by atoms with E-state index < -0.39 is 50.0 Å². The molecule has 43 heavy (non-hydrogen) atoms. The summed E-state index contributed by atoms with van der Waals surface area (Å²) in [5, 5.41) is 15.7. The standard InChI is InChI=1S/C29H32F2N5O5PS/c1-19(2)40-42(37,41-20(3)4)39-18-38-29(15-36-17-33-16-34-36,25-11-10-24(30)12-26(25)31)21(5)28-35-27(14-43-28)23-8-6-22(13-32)7-9-23/h6-12,14,16-17,19-21H,15,18H2,1-5H3/t21-,29+/m0/s1/i27+2. The van der Waals surface area contributed by atoms with Gasteiger partial charge in [-0.05, 0) is 45.9 Å². The second-order valence-electron chi connectivity index (χ2n) is 10.2. The van der Waals surface area contributed by atoms with E-state index in [2.05, 4.69) is 16.2 Å². The van der Waals surface area contributed by atoms with Crippen LogP contribution in [-0.2, 0) is 35.0 Å². The molecule has 0 fully saturated rings. The van der Waals surface area contributed by atoms with Gasteiger partial charge in [-0.2, -0.15) is 10.4 Å². The molecule has 0 aliphatic rings. The summed E-state index contributed by atoms with van der Waals surface area (Å²) in [6.07, 6.45) is 1.77. The minimum absolute atomic E-state index is 0.0000105. The fraction of sp³-hybridized carbons (Fsp3) is 0.379. The number of halogens is 2. The Balaban J connectivity index is 1.78. The van der Waals surface area contributed by atoms with Crippen molar-refractivity contribution in [3.63, 3.8) is 0 Å². The third-order valence-corrected chi connectivity index (χ3v) is 9.17. The van der Waals surface area contributed by atoms with Crippen LogP contribution in [-0.4, -0.2) is 38.7 Å². The summed E-state index contributed by atoms with van der Waals surface area (Å²) in [5.74, 6) is -2.32. The molecule has 4 rings (SSSR count). The van der Waals surface area contributed by atoms with E-state index >= 15 is 4.39 Å². The Morgan fingerprint density at radius 1 is 1.09 bits per heavy atom. The molecular formula is C29H32F2N5O5PS. The lowest BCUT2D eigenvalue weighted by Crippen LogP contribution is -2.41. The highest BCUT2D eigenvalue weighted by Gasteiger charge is 2.45. The molecule has 14 heteroatoms. The summed E-state index contributed by atoms with van der Waals surface area (Å²) in [7, 11) is -4.09. The summed E-state index contributed by atoms with van der Waals surface area (Å²) in [6.45, 7) is 7.78. The van der Waals surface area contributed by atoms with Crippen molar-refractivity contribution in [3.05, 3.63) is 88.3 Å². The average Bonchev–Trinajstić information content (AvgIpc) is 3.64. The monoisotopic (exact) mass is 633 g/mol. The number of hydrogen-bond donors (Lipinski definition) is 0. The number of rotatable bonds is 14. The van der Waals surface area contributed by atoms with Crippen molar-refractivity contribution in [3.8, 4) is 17.3 Å². The van der Waals surface area contributed by atoms with Crippen molar-refractivity contribution < 1.29 is 31.7 Å². The highest BCUT2D eigenvalue weighted by molar-refractivity contribution is 7.48. The lowest BCUT2D eigenvalue weighted by molar-refractivity contribution is -0.144. The van der Waals surface area contributed by atoms with Gasteiger partial charge in [0.2, 0.25) is 0 Å². The summed E-state index contributed by atoms with van der Waals surface area (Å²) in [5.41, 5.74) is 0.318. The first-order valence-corrected chi connectivity index (χ1v) is 15.8. The molecule has 0 N–H and O–H groups in total. The van der Waals surface area contributed by atoms with Gasteiger partial charge in [0, 0.05) is 28.5 Å². The van der Waals surface area contributed by atoms with Crippen LogP contribution < -0.4 is 0 Å². The van der Waals surface area contributed by atoms with E-state index in [1.165, 1.54) is 34.7 Å². The Morgan fingerprint density at radius 2 is 1.79 bits per heavy atom. The Kier molecular flexibility index (Phi) is 10.6. The van der Waals surface area contributed by atoms with Crippen LogP contribution in [0.1, 0.15) is 56.7 Å². The number of phosphoric acid groups is 1. The molecule has 2 aromatic carbocycles. The van der Waals surface area contributed by atoms with Crippen LogP contribution in [0.3, 0.4) is 0 Å². The smallest absolute Gasteiger partial charge is 0.341 e. The van der Waals surface area contributed by atoms with Crippen LogP contribution in [0.5, 0.6) is 0 Å². The Hall–Kier alpha value is -3.37. The van der Waals surface area contributed by atoms with Crippen molar-refractivity contribution in [2.24, 2.45) is 0 Å². The normalized spacial score (nSPS) is 14.1.